The predicted molar refractivity (Wildman–Crippen MR) is 61.3 cm³/mol. The lowest BCUT2D eigenvalue weighted by Crippen LogP contribution is -2.24. The zero-order valence-electron chi connectivity index (χ0n) is 9.52. The maximum absolute atomic E-state index is 3.32. The molecule has 0 atom stereocenters. The number of hydrogen-bond acceptors (Lipinski definition) is 2. The molecule has 0 saturated heterocycles. The van der Waals surface area contributed by atoms with Crippen molar-refractivity contribution in [2.45, 2.75) is 34.1 Å². The van der Waals surface area contributed by atoms with Crippen LogP contribution in [0.25, 0.3) is 0 Å². The zero-order valence-corrected chi connectivity index (χ0v) is 9.52. The maximum atomic E-state index is 3.32. The third-order valence-corrected chi connectivity index (χ3v) is 2.51. The molecule has 0 aliphatic carbocycles. The van der Waals surface area contributed by atoms with Gasteiger partial charge in [-0.05, 0) is 24.8 Å². The minimum Gasteiger partial charge on any atom is -0.359 e. The Morgan fingerprint density at radius 2 is 2.00 bits per heavy atom. The van der Waals surface area contributed by atoms with E-state index in [1.165, 1.54) is 17.0 Å². The first-order valence-electron chi connectivity index (χ1n) is 5.28. The van der Waals surface area contributed by atoms with Crippen LogP contribution in [0.5, 0.6) is 0 Å². The van der Waals surface area contributed by atoms with Crippen molar-refractivity contribution in [2.75, 3.05) is 0 Å². The smallest absolute Gasteiger partial charge is 0.0610 e. The summed E-state index contributed by atoms with van der Waals surface area (Å²) in [6, 6.07) is 0. The summed E-state index contributed by atoms with van der Waals surface area (Å²) in [7, 11) is 0. The Bertz CT molecular complexity index is 283. The quantitative estimate of drug-likeness (QED) is 0.703. The summed E-state index contributed by atoms with van der Waals surface area (Å²) >= 11 is 0. The van der Waals surface area contributed by atoms with Gasteiger partial charge in [-0.3, -0.25) is 0 Å². The van der Waals surface area contributed by atoms with E-state index in [1.807, 2.05) is 12.4 Å². The van der Waals surface area contributed by atoms with Crippen LogP contribution < -0.4 is 10.6 Å². The van der Waals surface area contributed by atoms with E-state index >= 15 is 0 Å². The topological polar surface area (TPSA) is 24.1 Å². The van der Waals surface area contributed by atoms with Crippen molar-refractivity contribution in [3.8, 4) is 0 Å². The van der Waals surface area contributed by atoms with Crippen LogP contribution in [0.4, 0.5) is 0 Å². The summed E-state index contributed by atoms with van der Waals surface area (Å²) in [5.74, 6) is 0.589. The van der Waals surface area contributed by atoms with Gasteiger partial charge in [0.2, 0.25) is 0 Å². The van der Waals surface area contributed by atoms with E-state index < -0.39 is 0 Å². The molecule has 1 aliphatic rings. The monoisotopic (exact) mass is 192 g/mol. The lowest BCUT2D eigenvalue weighted by Gasteiger charge is -2.22. The van der Waals surface area contributed by atoms with Gasteiger partial charge in [0, 0.05) is 12.4 Å². The van der Waals surface area contributed by atoms with E-state index in [4.69, 9.17) is 0 Å². The molecule has 14 heavy (non-hydrogen) atoms. The summed E-state index contributed by atoms with van der Waals surface area (Å²) in [6.45, 7) is 8.73. The van der Waals surface area contributed by atoms with Gasteiger partial charge in [-0.1, -0.05) is 26.8 Å². The van der Waals surface area contributed by atoms with E-state index in [0.717, 1.165) is 6.42 Å². The highest BCUT2D eigenvalue weighted by Crippen LogP contribution is 2.22. The number of rotatable bonds is 2. The van der Waals surface area contributed by atoms with Gasteiger partial charge in [0.1, 0.15) is 0 Å². The lowest BCUT2D eigenvalue weighted by molar-refractivity contribution is 0.700. The Kier molecular flexibility index (Phi) is 3.81. The molecule has 1 rings (SSSR count). The average molecular weight is 192 g/mol. The lowest BCUT2D eigenvalue weighted by atomic mass is 9.96. The summed E-state index contributed by atoms with van der Waals surface area (Å²) < 4.78 is 0. The Morgan fingerprint density at radius 1 is 1.36 bits per heavy atom. The summed E-state index contributed by atoms with van der Waals surface area (Å²) in [5, 5.41) is 6.57. The van der Waals surface area contributed by atoms with Crippen molar-refractivity contribution < 1.29 is 0 Å². The molecule has 2 N–H and O–H groups in total. The zero-order chi connectivity index (χ0) is 10.6. The molecular weight excluding hydrogens is 172 g/mol. The van der Waals surface area contributed by atoms with Gasteiger partial charge in [-0.15, -0.1) is 0 Å². The fourth-order valence-corrected chi connectivity index (χ4v) is 1.77. The standard InChI is InChI=1S/C12H20N2/c1-5-10(9(3)4)12-11(6-2)13-7-8-14-12/h6-9,13-14H,5H2,1-4H3/b11-6+,12-10-. The van der Waals surface area contributed by atoms with E-state index in [0.29, 0.717) is 5.92 Å². The first-order chi connectivity index (χ1) is 6.70. The van der Waals surface area contributed by atoms with Crippen LogP contribution in [0.2, 0.25) is 0 Å². The Hall–Kier alpha value is -1.18. The van der Waals surface area contributed by atoms with Gasteiger partial charge in [0.15, 0.2) is 0 Å². The van der Waals surface area contributed by atoms with Gasteiger partial charge in [0.05, 0.1) is 11.4 Å². The fourth-order valence-electron chi connectivity index (χ4n) is 1.77. The molecule has 0 aromatic rings. The molecule has 0 aromatic carbocycles. The molecule has 1 heterocycles. The molecule has 0 aromatic heterocycles. The first kappa shape index (κ1) is 10.9. The normalized spacial score (nSPS) is 22.2. The highest BCUT2D eigenvalue weighted by molar-refractivity contribution is 5.37. The largest absolute Gasteiger partial charge is 0.359 e. The molecular formula is C12H20N2. The fraction of sp³-hybridized carbons (Fsp3) is 0.500. The van der Waals surface area contributed by atoms with Crippen molar-refractivity contribution in [1.29, 1.82) is 0 Å². The Morgan fingerprint density at radius 3 is 2.50 bits per heavy atom. The molecule has 0 bridgehead atoms. The average Bonchev–Trinajstić information content (AvgIpc) is 2.19. The highest BCUT2D eigenvalue weighted by atomic mass is 15.0. The van der Waals surface area contributed by atoms with Gasteiger partial charge < -0.3 is 10.6 Å². The number of hydrogen-bond donors (Lipinski definition) is 2. The van der Waals surface area contributed by atoms with E-state index in [-0.39, 0.29) is 0 Å². The molecule has 0 amide bonds. The van der Waals surface area contributed by atoms with Crippen LogP contribution in [-0.4, -0.2) is 0 Å². The van der Waals surface area contributed by atoms with Crippen LogP contribution in [0.1, 0.15) is 34.1 Å². The highest BCUT2D eigenvalue weighted by Gasteiger charge is 2.13. The number of allylic oxidation sites excluding steroid dienone is 2. The molecule has 0 spiro atoms. The van der Waals surface area contributed by atoms with Crippen LogP contribution in [0, 0.1) is 5.92 Å². The van der Waals surface area contributed by atoms with Crippen molar-refractivity contribution in [1.82, 2.24) is 10.6 Å². The van der Waals surface area contributed by atoms with Crippen molar-refractivity contribution in [3.05, 3.63) is 35.4 Å². The van der Waals surface area contributed by atoms with Crippen LogP contribution in [0.15, 0.2) is 35.4 Å². The van der Waals surface area contributed by atoms with Gasteiger partial charge in [0.25, 0.3) is 0 Å². The Labute approximate surface area is 86.8 Å². The molecule has 0 saturated carbocycles. The molecule has 1 aliphatic heterocycles. The second-order valence-electron chi connectivity index (χ2n) is 3.73. The van der Waals surface area contributed by atoms with Crippen molar-refractivity contribution in [3.63, 3.8) is 0 Å². The van der Waals surface area contributed by atoms with Crippen LogP contribution in [0.3, 0.4) is 0 Å². The van der Waals surface area contributed by atoms with Gasteiger partial charge >= 0.3 is 0 Å². The third-order valence-electron chi connectivity index (χ3n) is 2.51. The first-order valence-corrected chi connectivity index (χ1v) is 5.28. The second-order valence-corrected chi connectivity index (χ2v) is 3.73. The molecule has 0 fully saturated rings. The van der Waals surface area contributed by atoms with Crippen molar-refractivity contribution in [2.24, 2.45) is 5.92 Å². The minimum atomic E-state index is 0.589. The summed E-state index contributed by atoms with van der Waals surface area (Å²) in [4.78, 5) is 0. The second kappa shape index (κ2) is 4.89. The summed E-state index contributed by atoms with van der Waals surface area (Å²) in [5.41, 5.74) is 3.89. The SMILES string of the molecule is C/C=C1/NC=CN/C1=C(/CC)C(C)C. The minimum absolute atomic E-state index is 0.589. The van der Waals surface area contributed by atoms with E-state index in [1.54, 1.807) is 0 Å². The Balaban J connectivity index is 3.08. The number of nitrogens with one attached hydrogen (secondary N) is 2. The molecule has 0 unspecified atom stereocenters. The van der Waals surface area contributed by atoms with Gasteiger partial charge in [-0.2, -0.15) is 0 Å². The van der Waals surface area contributed by atoms with Gasteiger partial charge in [-0.25, -0.2) is 0 Å². The van der Waals surface area contributed by atoms with Crippen molar-refractivity contribution >= 4 is 0 Å². The molecule has 0 radical (unpaired) electrons. The maximum Gasteiger partial charge on any atom is 0.0610 e. The molecule has 2 nitrogen and oxygen atoms in total. The predicted octanol–water partition coefficient (Wildman–Crippen LogP) is 2.87. The molecule has 2 heteroatoms. The van der Waals surface area contributed by atoms with Crippen LogP contribution >= 0.6 is 0 Å². The molecule has 78 valence electrons. The van der Waals surface area contributed by atoms with Crippen LogP contribution in [-0.2, 0) is 0 Å². The van der Waals surface area contributed by atoms with E-state index in [2.05, 4.69) is 44.4 Å². The third kappa shape index (κ3) is 2.19. The summed E-state index contributed by atoms with van der Waals surface area (Å²) in [6.07, 6.45) is 7.06. The van der Waals surface area contributed by atoms with E-state index in [9.17, 15) is 0 Å².